The normalized spacial score (nSPS) is 14.1. The Morgan fingerprint density at radius 3 is 1.73 bits per heavy atom. The van der Waals surface area contributed by atoms with E-state index in [2.05, 4.69) is 70.2 Å². The molecule has 0 atom stereocenters. The molecule has 6 heteroatoms. The lowest BCUT2D eigenvalue weighted by molar-refractivity contribution is 0.288. The standard InChI is InChI=1S/C9H11N.C9H7N.C9H10O.C8H9NO.C8H8O/c3*1-2-6-9-8(4-1)5-3-7-10-9;1-2-4-8-7(3-1)9-5-6-10-8;1-2-4-8-7(3-1)5-6-9-8/h1-2,4,6,10H,3,5,7H2;1-7H;1-2,4,6H,3,5,7H2;1-4,9H,5-6H2;1-4H,5-6H2. The molecule has 0 radical (unpaired) electrons. The molecule has 2 N–H and O–H groups in total. The zero-order valence-corrected chi connectivity index (χ0v) is 28.0. The van der Waals surface area contributed by atoms with Gasteiger partial charge < -0.3 is 24.8 Å². The highest BCUT2D eigenvalue weighted by molar-refractivity contribution is 5.77. The van der Waals surface area contributed by atoms with Crippen LogP contribution in [-0.4, -0.2) is 37.9 Å². The van der Waals surface area contributed by atoms with Crippen molar-refractivity contribution < 1.29 is 14.2 Å². The lowest BCUT2D eigenvalue weighted by Gasteiger charge is -2.17. The SMILES string of the molecule is c1ccc2c(c1)CCCN2.c1ccc2c(c1)CCCO2.c1ccc2c(c1)CCO2.c1ccc2c(c1)NCCO2.c1ccc2ncccc2c1. The monoisotopic (exact) mass is 651 g/mol. The van der Waals surface area contributed by atoms with Crippen LogP contribution in [0.1, 0.15) is 29.5 Å². The van der Waals surface area contributed by atoms with E-state index in [1.807, 2.05) is 85.1 Å². The highest BCUT2D eigenvalue weighted by atomic mass is 16.5. The maximum atomic E-state index is 5.42. The molecular weight excluding hydrogens is 606 g/mol. The summed E-state index contributed by atoms with van der Waals surface area (Å²) in [7, 11) is 0. The van der Waals surface area contributed by atoms with Crippen LogP contribution in [0, 0.1) is 0 Å². The van der Waals surface area contributed by atoms with E-state index in [1.54, 1.807) is 0 Å². The molecule has 250 valence electrons. The Hall–Kier alpha value is -5.49. The lowest BCUT2D eigenvalue weighted by Crippen LogP contribution is -2.17. The Morgan fingerprint density at radius 2 is 1.00 bits per heavy atom. The molecule has 5 heterocycles. The van der Waals surface area contributed by atoms with Crippen LogP contribution in [0.4, 0.5) is 11.4 Å². The molecular formula is C43H45N3O3. The highest BCUT2D eigenvalue weighted by Gasteiger charge is 2.09. The van der Waals surface area contributed by atoms with Crippen molar-refractivity contribution in [1.29, 1.82) is 0 Å². The van der Waals surface area contributed by atoms with Crippen molar-refractivity contribution in [1.82, 2.24) is 4.98 Å². The smallest absolute Gasteiger partial charge is 0.142 e. The van der Waals surface area contributed by atoms with Crippen LogP contribution in [0.3, 0.4) is 0 Å². The summed E-state index contributed by atoms with van der Waals surface area (Å²) in [4.78, 5) is 4.18. The van der Waals surface area contributed by atoms with Gasteiger partial charge in [0.1, 0.15) is 23.9 Å². The second-order valence-electron chi connectivity index (χ2n) is 11.9. The summed E-state index contributed by atoms with van der Waals surface area (Å²) in [5.41, 5.74) is 7.66. The van der Waals surface area contributed by atoms with Gasteiger partial charge >= 0.3 is 0 Å². The molecule has 4 aliphatic rings. The number of hydrogen-bond donors (Lipinski definition) is 2. The number of nitrogens with one attached hydrogen (secondary N) is 2. The first kappa shape index (κ1) is 33.4. The molecule has 0 bridgehead atoms. The molecule has 6 aromatic rings. The lowest BCUT2D eigenvalue weighted by atomic mass is 10.0. The Bertz CT molecular complexity index is 1610. The largest absolute Gasteiger partial charge is 0.493 e. The number of aryl methyl sites for hydroxylation is 2. The van der Waals surface area contributed by atoms with Crippen molar-refractivity contribution in [3.8, 4) is 17.2 Å². The van der Waals surface area contributed by atoms with Gasteiger partial charge in [-0.1, -0.05) is 91.0 Å². The third-order valence-electron chi connectivity index (χ3n) is 8.45. The molecule has 49 heavy (non-hydrogen) atoms. The number of benzene rings is 5. The number of ether oxygens (including phenoxy) is 3. The number of para-hydroxylation sites is 6. The summed E-state index contributed by atoms with van der Waals surface area (Å²) in [6, 6.07) is 45.0. The minimum atomic E-state index is 0.775. The van der Waals surface area contributed by atoms with E-state index in [1.165, 1.54) is 47.0 Å². The topological polar surface area (TPSA) is 64.6 Å². The van der Waals surface area contributed by atoms with Crippen molar-refractivity contribution >= 4 is 22.3 Å². The van der Waals surface area contributed by atoms with Crippen molar-refractivity contribution in [2.45, 2.75) is 32.1 Å². The second-order valence-corrected chi connectivity index (χ2v) is 11.9. The minimum Gasteiger partial charge on any atom is -0.493 e. The number of anilines is 2. The fourth-order valence-corrected chi connectivity index (χ4v) is 5.93. The van der Waals surface area contributed by atoms with E-state index < -0.39 is 0 Å². The first-order chi connectivity index (χ1) is 24.3. The maximum absolute atomic E-state index is 5.42. The van der Waals surface area contributed by atoms with E-state index in [0.717, 1.165) is 74.2 Å². The maximum Gasteiger partial charge on any atom is 0.142 e. The summed E-state index contributed by atoms with van der Waals surface area (Å²) in [6.07, 6.45) is 7.74. The van der Waals surface area contributed by atoms with E-state index in [0.29, 0.717) is 0 Å². The predicted molar refractivity (Wildman–Crippen MR) is 201 cm³/mol. The first-order valence-corrected chi connectivity index (χ1v) is 17.3. The Balaban J connectivity index is 0.000000106. The summed E-state index contributed by atoms with van der Waals surface area (Å²) in [5, 5.41) is 7.80. The molecule has 0 saturated carbocycles. The average molecular weight is 652 g/mol. The molecule has 0 saturated heterocycles. The van der Waals surface area contributed by atoms with Gasteiger partial charge in [-0.25, -0.2) is 0 Å². The van der Waals surface area contributed by atoms with Gasteiger partial charge in [-0.05, 0) is 84.8 Å². The Morgan fingerprint density at radius 1 is 0.429 bits per heavy atom. The van der Waals surface area contributed by atoms with Crippen molar-refractivity contribution in [2.75, 3.05) is 43.5 Å². The van der Waals surface area contributed by atoms with Crippen LogP contribution >= 0.6 is 0 Å². The number of fused-ring (bicyclic) bond motifs is 5. The van der Waals surface area contributed by atoms with Crippen molar-refractivity contribution in [3.63, 3.8) is 0 Å². The number of nitrogens with zero attached hydrogens (tertiary/aromatic N) is 1. The second kappa shape index (κ2) is 18.2. The van der Waals surface area contributed by atoms with Gasteiger partial charge in [-0.15, -0.1) is 0 Å². The number of rotatable bonds is 0. The average Bonchev–Trinajstić information content (AvgIpc) is 3.69. The summed E-state index contributed by atoms with van der Waals surface area (Å²) in [6.45, 7) is 4.57. The van der Waals surface area contributed by atoms with Gasteiger partial charge in [0.15, 0.2) is 0 Å². The van der Waals surface area contributed by atoms with E-state index in [9.17, 15) is 0 Å². The van der Waals surface area contributed by atoms with Crippen LogP contribution in [-0.2, 0) is 19.3 Å². The minimum absolute atomic E-state index is 0.775. The van der Waals surface area contributed by atoms with Gasteiger partial charge in [0.05, 0.1) is 24.4 Å². The van der Waals surface area contributed by atoms with E-state index >= 15 is 0 Å². The van der Waals surface area contributed by atoms with Gasteiger partial charge in [0.2, 0.25) is 0 Å². The molecule has 0 aliphatic carbocycles. The molecule has 4 aliphatic heterocycles. The first-order valence-electron chi connectivity index (χ1n) is 17.3. The Kier molecular flexibility index (Phi) is 12.4. The molecule has 0 amide bonds. The summed E-state index contributed by atoms with van der Waals surface area (Å²) < 4.78 is 16.1. The van der Waals surface area contributed by atoms with Gasteiger partial charge in [-0.3, -0.25) is 4.98 Å². The van der Waals surface area contributed by atoms with Crippen LogP contribution in [0.25, 0.3) is 10.9 Å². The molecule has 0 fully saturated rings. The third kappa shape index (κ3) is 10.0. The van der Waals surface area contributed by atoms with Crippen molar-refractivity contribution in [3.05, 3.63) is 156 Å². The van der Waals surface area contributed by atoms with Gasteiger partial charge in [-0.2, -0.15) is 0 Å². The zero-order valence-electron chi connectivity index (χ0n) is 28.0. The summed E-state index contributed by atoms with van der Waals surface area (Å²) in [5.74, 6) is 3.11. The number of hydrogen-bond acceptors (Lipinski definition) is 6. The predicted octanol–water partition coefficient (Wildman–Crippen LogP) is 9.40. The van der Waals surface area contributed by atoms with Gasteiger partial charge in [0.25, 0.3) is 0 Å². The molecule has 0 unspecified atom stereocenters. The third-order valence-corrected chi connectivity index (χ3v) is 8.45. The fourth-order valence-electron chi connectivity index (χ4n) is 5.93. The zero-order chi connectivity index (χ0) is 33.4. The Labute approximate surface area is 290 Å². The quantitative estimate of drug-likeness (QED) is 0.171. The molecule has 10 rings (SSSR count). The van der Waals surface area contributed by atoms with Crippen LogP contribution in [0.2, 0.25) is 0 Å². The molecule has 1 aromatic heterocycles. The van der Waals surface area contributed by atoms with E-state index in [-0.39, 0.29) is 0 Å². The number of aromatic nitrogens is 1. The highest BCUT2D eigenvalue weighted by Crippen LogP contribution is 2.26. The van der Waals surface area contributed by atoms with Crippen molar-refractivity contribution in [2.24, 2.45) is 0 Å². The van der Waals surface area contributed by atoms with Gasteiger partial charge in [0, 0.05) is 36.8 Å². The van der Waals surface area contributed by atoms with Crippen LogP contribution in [0.5, 0.6) is 17.2 Å². The van der Waals surface area contributed by atoms with Crippen LogP contribution < -0.4 is 24.8 Å². The summed E-state index contributed by atoms with van der Waals surface area (Å²) >= 11 is 0. The fraction of sp³-hybridized carbons (Fsp3) is 0.233. The molecule has 0 spiro atoms. The molecule has 5 aromatic carbocycles. The van der Waals surface area contributed by atoms with Crippen LogP contribution in [0.15, 0.2) is 140 Å². The number of pyridine rings is 1. The molecule has 6 nitrogen and oxygen atoms in total. The van der Waals surface area contributed by atoms with E-state index in [4.69, 9.17) is 14.2 Å².